The number of aliphatic hydroxyl groups excluding tert-OH is 1. The zero-order chi connectivity index (χ0) is 9.97. The fourth-order valence-electron chi connectivity index (χ4n) is 1.36. The summed E-state index contributed by atoms with van der Waals surface area (Å²) in [6.45, 7) is 1.58. The quantitative estimate of drug-likeness (QED) is 0.734. The maximum atomic E-state index is 9.12. The summed E-state index contributed by atoms with van der Waals surface area (Å²) in [7, 11) is 0. The van der Waals surface area contributed by atoms with E-state index in [2.05, 4.69) is 4.98 Å². The summed E-state index contributed by atoms with van der Waals surface area (Å²) in [4.78, 5) is 4.19. The van der Waals surface area contributed by atoms with Crippen LogP contribution >= 0.6 is 0 Å². The van der Waals surface area contributed by atoms with E-state index in [-0.39, 0.29) is 0 Å². The van der Waals surface area contributed by atoms with E-state index in [0.29, 0.717) is 5.75 Å². The number of rotatable bonds is 2. The van der Waals surface area contributed by atoms with Crippen LogP contribution in [-0.2, 0) is 0 Å². The van der Waals surface area contributed by atoms with Gasteiger partial charge in [0.05, 0.1) is 5.52 Å². The van der Waals surface area contributed by atoms with E-state index >= 15 is 0 Å². The highest BCUT2D eigenvalue weighted by molar-refractivity contribution is 5.84. The lowest BCUT2D eigenvalue weighted by atomic mass is 10.2. The summed E-state index contributed by atoms with van der Waals surface area (Å²) >= 11 is 0. The predicted octanol–water partition coefficient (Wildman–Crippen LogP) is 1.95. The monoisotopic (exact) mass is 189 g/mol. The standard InChI is InChI=1S/C11H11NO2/c1-8(13)14-11-6-7-12-10-5-3-2-4-9(10)11/h2-8,13H,1H3. The van der Waals surface area contributed by atoms with Gasteiger partial charge in [0.2, 0.25) is 0 Å². The Bertz CT molecular complexity index is 435. The highest BCUT2D eigenvalue weighted by atomic mass is 16.6. The zero-order valence-electron chi connectivity index (χ0n) is 7.84. The van der Waals surface area contributed by atoms with E-state index in [0.717, 1.165) is 10.9 Å². The smallest absolute Gasteiger partial charge is 0.194 e. The molecule has 0 spiro atoms. The number of aromatic nitrogens is 1. The number of para-hydroxylation sites is 1. The molecule has 1 N–H and O–H groups in total. The van der Waals surface area contributed by atoms with Crippen LogP contribution in [0.15, 0.2) is 36.5 Å². The molecule has 3 heteroatoms. The Kier molecular flexibility index (Phi) is 2.33. The van der Waals surface area contributed by atoms with Crippen molar-refractivity contribution in [3.63, 3.8) is 0 Å². The summed E-state index contributed by atoms with van der Waals surface area (Å²) in [5.41, 5.74) is 0.866. The molecule has 0 aliphatic heterocycles. The van der Waals surface area contributed by atoms with Crippen LogP contribution in [0.5, 0.6) is 5.75 Å². The van der Waals surface area contributed by atoms with Crippen LogP contribution in [0.2, 0.25) is 0 Å². The maximum absolute atomic E-state index is 9.12. The number of ether oxygens (including phenoxy) is 1. The second kappa shape index (κ2) is 3.64. The van der Waals surface area contributed by atoms with E-state index < -0.39 is 6.29 Å². The third-order valence-electron chi connectivity index (χ3n) is 1.91. The molecular formula is C11H11NO2. The molecule has 1 aromatic carbocycles. The van der Waals surface area contributed by atoms with Crippen LogP contribution in [-0.4, -0.2) is 16.4 Å². The zero-order valence-corrected chi connectivity index (χ0v) is 7.84. The molecule has 0 aliphatic rings. The van der Waals surface area contributed by atoms with Crippen LogP contribution in [0, 0.1) is 0 Å². The fourth-order valence-corrected chi connectivity index (χ4v) is 1.36. The van der Waals surface area contributed by atoms with E-state index in [1.807, 2.05) is 24.3 Å². The summed E-state index contributed by atoms with van der Waals surface area (Å²) in [6, 6.07) is 9.40. The number of aliphatic hydroxyl groups is 1. The van der Waals surface area contributed by atoms with Crippen molar-refractivity contribution < 1.29 is 9.84 Å². The molecule has 0 saturated heterocycles. The van der Waals surface area contributed by atoms with Gasteiger partial charge in [0.15, 0.2) is 6.29 Å². The third-order valence-corrected chi connectivity index (χ3v) is 1.91. The highest BCUT2D eigenvalue weighted by Crippen LogP contribution is 2.23. The van der Waals surface area contributed by atoms with Gasteiger partial charge in [0.25, 0.3) is 0 Å². The maximum Gasteiger partial charge on any atom is 0.194 e. The van der Waals surface area contributed by atoms with E-state index in [4.69, 9.17) is 9.84 Å². The summed E-state index contributed by atoms with van der Waals surface area (Å²) in [5, 5.41) is 10.0. The van der Waals surface area contributed by atoms with Gasteiger partial charge >= 0.3 is 0 Å². The predicted molar refractivity (Wildman–Crippen MR) is 54.1 cm³/mol. The Morgan fingerprint density at radius 2 is 2.07 bits per heavy atom. The topological polar surface area (TPSA) is 42.4 Å². The molecule has 1 unspecified atom stereocenters. The molecule has 14 heavy (non-hydrogen) atoms. The fraction of sp³-hybridized carbons (Fsp3) is 0.182. The summed E-state index contributed by atoms with van der Waals surface area (Å²) in [5.74, 6) is 0.658. The molecule has 0 saturated carbocycles. The first kappa shape index (κ1) is 8.97. The number of fused-ring (bicyclic) bond motifs is 1. The molecule has 3 nitrogen and oxygen atoms in total. The first-order valence-electron chi connectivity index (χ1n) is 4.46. The number of nitrogens with zero attached hydrogens (tertiary/aromatic N) is 1. The number of hydrogen-bond donors (Lipinski definition) is 1. The minimum Gasteiger partial charge on any atom is -0.465 e. The van der Waals surface area contributed by atoms with E-state index in [1.165, 1.54) is 0 Å². The van der Waals surface area contributed by atoms with Gasteiger partial charge in [-0.15, -0.1) is 0 Å². The summed E-state index contributed by atoms with van der Waals surface area (Å²) < 4.78 is 5.24. The lowest BCUT2D eigenvalue weighted by Crippen LogP contribution is -2.09. The van der Waals surface area contributed by atoms with Crippen molar-refractivity contribution in [3.8, 4) is 5.75 Å². The molecule has 0 aliphatic carbocycles. The molecule has 72 valence electrons. The van der Waals surface area contributed by atoms with Gasteiger partial charge in [-0.2, -0.15) is 0 Å². The SMILES string of the molecule is CC(O)Oc1ccnc2ccccc12. The first-order chi connectivity index (χ1) is 6.77. The van der Waals surface area contributed by atoms with Crippen LogP contribution in [0.25, 0.3) is 10.9 Å². The second-order valence-corrected chi connectivity index (χ2v) is 3.04. The van der Waals surface area contributed by atoms with Gasteiger partial charge in [0, 0.05) is 11.6 Å². The Balaban J connectivity index is 2.53. The van der Waals surface area contributed by atoms with Crippen molar-refractivity contribution in [3.05, 3.63) is 36.5 Å². The molecule has 1 atom stereocenters. The number of benzene rings is 1. The normalized spacial score (nSPS) is 12.7. The number of pyridine rings is 1. The number of hydrogen-bond acceptors (Lipinski definition) is 3. The highest BCUT2D eigenvalue weighted by Gasteiger charge is 2.03. The molecule has 0 radical (unpaired) electrons. The molecule has 1 aromatic heterocycles. The van der Waals surface area contributed by atoms with Gasteiger partial charge < -0.3 is 9.84 Å². The average Bonchev–Trinajstić information content (AvgIpc) is 2.18. The Morgan fingerprint density at radius 1 is 1.29 bits per heavy atom. The van der Waals surface area contributed by atoms with Gasteiger partial charge in [-0.1, -0.05) is 12.1 Å². The Morgan fingerprint density at radius 3 is 2.86 bits per heavy atom. The average molecular weight is 189 g/mol. The van der Waals surface area contributed by atoms with Crippen LogP contribution in [0.1, 0.15) is 6.92 Å². The van der Waals surface area contributed by atoms with Crippen molar-refractivity contribution in [2.24, 2.45) is 0 Å². The van der Waals surface area contributed by atoms with Crippen LogP contribution in [0.3, 0.4) is 0 Å². The molecule has 0 amide bonds. The van der Waals surface area contributed by atoms with Gasteiger partial charge in [-0.3, -0.25) is 4.98 Å². The van der Waals surface area contributed by atoms with Gasteiger partial charge in [-0.25, -0.2) is 0 Å². The molecule has 0 fully saturated rings. The molecular weight excluding hydrogens is 178 g/mol. The third kappa shape index (κ3) is 1.67. The van der Waals surface area contributed by atoms with Gasteiger partial charge in [0.1, 0.15) is 5.75 Å². The van der Waals surface area contributed by atoms with Crippen molar-refractivity contribution >= 4 is 10.9 Å². The van der Waals surface area contributed by atoms with Crippen LogP contribution < -0.4 is 4.74 Å². The van der Waals surface area contributed by atoms with Crippen molar-refractivity contribution in [2.45, 2.75) is 13.2 Å². The van der Waals surface area contributed by atoms with Gasteiger partial charge in [-0.05, 0) is 25.1 Å². The molecule has 0 bridgehead atoms. The molecule has 2 rings (SSSR count). The molecule has 2 aromatic rings. The Hall–Kier alpha value is -1.61. The van der Waals surface area contributed by atoms with Crippen LogP contribution in [0.4, 0.5) is 0 Å². The van der Waals surface area contributed by atoms with E-state index in [9.17, 15) is 0 Å². The lowest BCUT2D eigenvalue weighted by molar-refractivity contribution is 0.000840. The first-order valence-corrected chi connectivity index (χ1v) is 4.46. The largest absolute Gasteiger partial charge is 0.465 e. The Labute approximate surface area is 82.0 Å². The molecule has 1 heterocycles. The minimum atomic E-state index is -0.805. The van der Waals surface area contributed by atoms with Crippen molar-refractivity contribution in [2.75, 3.05) is 0 Å². The van der Waals surface area contributed by atoms with E-state index in [1.54, 1.807) is 19.2 Å². The second-order valence-electron chi connectivity index (χ2n) is 3.04. The minimum absolute atomic E-state index is 0.658. The van der Waals surface area contributed by atoms with Crippen molar-refractivity contribution in [1.29, 1.82) is 0 Å². The lowest BCUT2D eigenvalue weighted by Gasteiger charge is -2.10. The summed E-state index contributed by atoms with van der Waals surface area (Å²) in [6.07, 6.45) is 0.862. The van der Waals surface area contributed by atoms with Crippen molar-refractivity contribution in [1.82, 2.24) is 4.98 Å².